The maximum atomic E-state index is 4.64. The van der Waals surface area contributed by atoms with Crippen molar-refractivity contribution in [3.8, 4) is 10.6 Å². The third-order valence-corrected chi connectivity index (χ3v) is 5.14. The zero-order chi connectivity index (χ0) is 13.2. The summed E-state index contributed by atoms with van der Waals surface area (Å²) in [4.78, 5) is 9.23. The Morgan fingerprint density at radius 2 is 2.21 bits per heavy atom. The molecule has 0 aliphatic carbocycles. The van der Waals surface area contributed by atoms with Gasteiger partial charge in [0, 0.05) is 27.5 Å². The number of hydrogen-bond donors (Lipinski definition) is 2. The van der Waals surface area contributed by atoms with Crippen LogP contribution in [0, 0.1) is 0 Å². The second-order valence-electron chi connectivity index (χ2n) is 4.33. The van der Waals surface area contributed by atoms with Gasteiger partial charge < -0.3 is 10.3 Å². The van der Waals surface area contributed by atoms with Crippen molar-refractivity contribution in [1.29, 1.82) is 0 Å². The van der Waals surface area contributed by atoms with Gasteiger partial charge in [0.15, 0.2) is 0 Å². The largest absolute Gasteiger partial charge is 0.360 e. The SMILES string of the molecule is CNCCc1sc(-c2c[nH]c3ccccc23)nc1Br. The summed E-state index contributed by atoms with van der Waals surface area (Å²) >= 11 is 5.31. The highest BCUT2D eigenvalue weighted by Crippen LogP contribution is 2.35. The van der Waals surface area contributed by atoms with Crippen LogP contribution in [0.15, 0.2) is 35.1 Å². The summed E-state index contributed by atoms with van der Waals surface area (Å²) in [6.07, 6.45) is 3.04. The Balaban J connectivity index is 2.02. The van der Waals surface area contributed by atoms with E-state index in [0.29, 0.717) is 0 Å². The average molecular weight is 336 g/mol. The monoisotopic (exact) mass is 335 g/mol. The molecule has 2 heterocycles. The van der Waals surface area contributed by atoms with Gasteiger partial charge in [-0.15, -0.1) is 11.3 Å². The molecular formula is C14H14BrN3S. The number of rotatable bonds is 4. The van der Waals surface area contributed by atoms with E-state index in [9.17, 15) is 0 Å². The number of para-hydroxylation sites is 1. The second-order valence-corrected chi connectivity index (χ2v) is 6.17. The molecule has 0 spiro atoms. The molecule has 0 fully saturated rings. The number of nitrogens with zero attached hydrogens (tertiary/aromatic N) is 1. The first-order valence-corrected chi connectivity index (χ1v) is 7.77. The zero-order valence-electron chi connectivity index (χ0n) is 10.5. The normalized spacial score (nSPS) is 11.3. The van der Waals surface area contributed by atoms with Gasteiger partial charge in [-0.1, -0.05) is 18.2 Å². The first-order chi connectivity index (χ1) is 9.29. The lowest BCUT2D eigenvalue weighted by atomic mass is 10.2. The molecule has 0 aliphatic heterocycles. The van der Waals surface area contributed by atoms with Crippen molar-refractivity contribution in [1.82, 2.24) is 15.3 Å². The Morgan fingerprint density at radius 1 is 1.37 bits per heavy atom. The fraction of sp³-hybridized carbons (Fsp3) is 0.214. The minimum Gasteiger partial charge on any atom is -0.360 e. The van der Waals surface area contributed by atoms with Crippen LogP contribution in [0.2, 0.25) is 0 Å². The highest BCUT2D eigenvalue weighted by atomic mass is 79.9. The van der Waals surface area contributed by atoms with E-state index in [0.717, 1.165) is 28.1 Å². The Morgan fingerprint density at radius 3 is 3.05 bits per heavy atom. The summed E-state index contributed by atoms with van der Waals surface area (Å²) in [5, 5.41) is 5.46. The van der Waals surface area contributed by atoms with E-state index in [2.05, 4.69) is 49.4 Å². The van der Waals surface area contributed by atoms with Crippen molar-refractivity contribution in [2.75, 3.05) is 13.6 Å². The van der Waals surface area contributed by atoms with Crippen LogP contribution in [0.3, 0.4) is 0 Å². The molecule has 0 radical (unpaired) electrons. The Hall–Kier alpha value is -1.17. The van der Waals surface area contributed by atoms with Crippen LogP contribution >= 0.6 is 27.3 Å². The van der Waals surface area contributed by atoms with Gasteiger partial charge in [0.25, 0.3) is 0 Å². The molecule has 3 rings (SSSR count). The number of thiazole rings is 1. The van der Waals surface area contributed by atoms with E-state index in [1.807, 2.05) is 19.3 Å². The molecule has 0 amide bonds. The van der Waals surface area contributed by atoms with E-state index in [1.165, 1.54) is 15.8 Å². The highest BCUT2D eigenvalue weighted by Gasteiger charge is 2.13. The van der Waals surface area contributed by atoms with E-state index < -0.39 is 0 Å². The zero-order valence-corrected chi connectivity index (χ0v) is 12.9. The van der Waals surface area contributed by atoms with Crippen LogP contribution in [0.4, 0.5) is 0 Å². The number of aromatic nitrogens is 2. The molecule has 0 saturated carbocycles. The molecule has 0 saturated heterocycles. The molecular weight excluding hydrogens is 322 g/mol. The summed E-state index contributed by atoms with van der Waals surface area (Å²) < 4.78 is 0.966. The molecule has 3 nitrogen and oxygen atoms in total. The number of H-pyrrole nitrogens is 1. The van der Waals surface area contributed by atoms with Gasteiger partial charge in [0.2, 0.25) is 0 Å². The summed E-state index contributed by atoms with van der Waals surface area (Å²) in [5.41, 5.74) is 2.33. The van der Waals surface area contributed by atoms with Gasteiger partial charge in [-0.2, -0.15) is 0 Å². The van der Waals surface area contributed by atoms with Crippen LogP contribution in [0.5, 0.6) is 0 Å². The first kappa shape index (κ1) is 12.8. The van der Waals surface area contributed by atoms with Gasteiger partial charge in [-0.05, 0) is 42.0 Å². The fourth-order valence-electron chi connectivity index (χ4n) is 2.09. The first-order valence-electron chi connectivity index (χ1n) is 6.16. The van der Waals surface area contributed by atoms with E-state index in [4.69, 9.17) is 0 Å². The Kier molecular flexibility index (Phi) is 3.68. The van der Waals surface area contributed by atoms with Crippen LogP contribution in [0.1, 0.15) is 4.88 Å². The van der Waals surface area contributed by atoms with Gasteiger partial charge in [-0.25, -0.2) is 4.98 Å². The van der Waals surface area contributed by atoms with Crippen molar-refractivity contribution in [3.63, 3.8) is 0 Å². The molecule has 0 bridgehead atoms. The summed E-state index contributed by atoms with van der Waals surface area (Å²) in [5.74, 6) is 0. The van der Waals surface area contributed by atoms with Gasteiger partial charge in [0.05, 0.1) is 0 Å². The van der Waals surface area contributed by atoms with Crippen LogP contribution in [-0.2, 0) is 6.42 Å². The lowest BCUT2D eigenvalue weighted by Crippen LogP contribution is -2.09. The molecule has 5 heteroatoms. The highest BCUT2D eigenvalue weighted by molar-refractivity contribution is 9.10. The van der Waals surface area contributed by atoms with Crippen molar-refractivity contribution in [3.05, 3.63) is 39.9 Å². The van der Waals surface area contributed by atoms with E-state index in [-0.39, 0.29) is 0 Å². The third kappa shape index (κ3) is 2.45. The molecule has 3 aromatic rings. The van der Waals surface area contributed by atoms with E-state index in [1.54, 1.807) is 11.3 Å². The fourth-order valence-corrected chi connectivity index (χ4v) is 3.81. The summed E-state index contributed by atoms with van der Waals surface area (Å²) in [6, 6.07) is 8.32. The predicted octanol–water partition coefficient (Wildman–Crippen LogP) is 3.82. The number of likely N-dealkylation sites (N-methyl/N-ethyl adjacent to an activating group) is 1. The van der Waals surface area contributed by atoms with Gasteiger partial charge >= 0.3 is 0 Å². The minimum absolute atomic E-state index is 0.966. The van der Waals surface area contributed by atoms with Crippen molar-refractivity contribution < 1.29 is 0 Å². The van der Waals surface area contributed by atoms with Gasteiger partial charge in [0.1, 0.15) is 9.61 Å². The number of benzene rings is 1. The summed E-state index contributed by atoms with van der Waals surface area (Å²) in [7, 11) is 1.97. The smallest absolute Gasteiger partial charge is 0.127 e. The number of nitrogens with one attached hydrogen (secondary N) is 2. The maximum absolute atomic E-state index is 4.64. The number of fused-ring (bicyclic) bond motifs is 1. The van der Waals surface area contributed by atoms with Crippen LogP contribution < -0.4 is 5.32 Å². The number of halogens is 1. The lowest BCUT2D eigenvalue weighted by Gasteiger charge is -1.95. The average Bonchev–Trinajstić information content (AvgIpc) is 3.00. The van der Waals surface area contributed by atoms with E-state index >= 15 is 0 Å². The predicted molar refractivity (Wildman–Crippen MR) is 84.7 cm³/mol. The second kappa shape index (κ2) is 5.45. The van der Waals surface area contributed by atoms with Crippen molar-refractivity contribution in [2.24, 2.45) is 0 Å². The molecule has 1 aromatic carbocycles. The Bertz CT molecular complexity index is 702. The Labute approximate surface area is 124 Å². The molecule has 2 aromatic heterocycles. The number of aromatic amines is 1. The molecule has 2 N–H and O–H groups in total. The maximum Gasteiger partial charge on any atom is 0.127 e. The van der Waals surface area contributed by atoms with Crippen LogP contribution in [-0.4, -0.2) is 23.6 Å². The lowest BCUT2D eigenvalue weighted by molar-refractivity contribution is 0.796. The third-order valence-electron chi connectivity index (χ3n) is 3.07. The topological polar surface area (TPSA) is 40.7 Å². The van der Waals surface area contributed by atoms with Crippen LogP contribution in [0.25, 0.3) is 21.5 Å². The molecule has 19 heavy (non-hydrogen) atoms. The quantitative estimate of drug-likeness (QED) is 0.760. The minimum atomic E-state index is 0.966. The molecule has 98 valence electrons. The number of hydrogen-bond acceptors (Lipinski definition) is 3. The van der Waals surface area contributed by atoms with Gasteiger partial charge in [-0.3, -0.25) is 0 Å². The molecule has 0 unspecified atom stereocenters. The standard InChI is InChI=1S/C14H14BrN3S/c1-16-7-6-12-13(15)18-14(19-12)10-8-17-11-5-3-2-4-9(10)11/h2-5,8,16-17H,6-7H2,1H3. The van der Waals surface area contributed by atoms with Crippen molar-refractivity contribution in [2.45, 2.75) is 6.42 Å². The summed E-state index contributed by atoms with van der Waals surface area (Å²) in [6.45, 7) is 0.966. The molecule has 0 aliphatic rings. The molecule has 0 atom stereocenters. The van der Waals surface area contributed by atoms with Crippen molar-refractivity contribution >= 4 is 38.2 Å².